The Balaban J connectivity index is 4.40. The second-order valence-corrected chi connectivity index (χ2v) is 15.1. The van der Waals surface area contributed by atoms with Crippen molar-refractivity contribution in [2.24, 2.45) is 0 Å². The van der Waals surface area contributed by atoms with Gasteiger partial charge < -0.3 is 13.0 Å². The number of unbranched alkanes of at least 4 members (excludes halogenated alkanes) is 9. The molecule has 0 radical (unpaired) electrons. The topological polar surface area (TPSA) is 27.7 Å². The molecule has 0 aromatic rings. The van der Waals surface area contributed by atoms with E-state index in [-0.39, 0.29) is 6.10 Å². The Morgan fingerprint density at radius 3 is 1.70 bits per heavy atom. The van der Waals surface area contributed by atoms with Crippen molar-refractivity contribution in [3.05, 3.63) is 24.6 Å². The van der Waals surface area contributed by atoms with Crippen molar-refractivity contribution in [2.75, 3.05) is 6.61 Å². The highest BCUT2D eigenvalue weighted by Gasteiger charge is 2.41. The predicted octanol–water partition coefficient (Wildman–Crippen LogP) is 8.52. The molecule has 0 aliphatic carbocycles. The minimum Gasteiger partial charge on any atom is -0.409 e. The predicted molar refractivity (Wildman–Crippen MR) is 137 cm³/mol. The molecule has 0 N–H and O–H groups in total. The van der Waals surface area contributed by atoms with Gasteiger partial charge in [0, 0.05) is 12.7 Å². The molecule has 0 fully saturated rings. The van der Waals surface area contributed by atoms with Gasteiger partial charge in [-0.3, -0.25) is 0 Å². The lowest BCUT2D eigenvalue weighted by molar-refractivity contribution is 0.127. The van der Waals surface area contributed by atoms with Gasteiger partial charge in [0.25, 0.3) is 0 Å². The first kappa shape index (κ1) is 29.8. The first-order chi connectivity index (χ1) is 14.4. The van der Waals surface area contributed by atoms with Crippen molar-refractivity contribution in [3.8, 4) is 0 Å². The van der Waals surface area contributed by atoms with E-state index in [9.17, 15) is 0 Å². The van der Waals surface area contributed by atoms with Gasteiger partial charge >= 0.3 is 17.1 Å². The third kappa shape index (κ3) is 14.7. The minimum absolute atomic E-state index is 0.255. The molecule has 0 rings (SSSR count). The molecule has 0 aromatic heterocycles. The van der Waals surface area contributed by atoms with E-state index in [0.29, 0.717) is 0 Å². The van der Waals surface area contributed by atoms with Crippen molar-refractivity contribution in [3.63, 3.8) is 0 Å². The van der Waals surface area contributed by atoms with Crippen molar-refractivity contribution < 1.29 is 13.0 Å². The molecular weight excluding hydrogens is 404 g/mol. The van der Waals surface area contributed by atoms with Crippen LogP contribution >= 0.6 is 0 Å². The van der Waals surface area contributed by atoms with Crippen molar-refractivity contribution in [2.45, 2.75) is 130 Å². The molecule has 0 spiro atoms. The fourth-order valence-electron chi connectivity index (χ4n) is 3.68. The van der Waals surface area contributed by atoms with Crippen LogP contribution in [0.3, 0.4) is 0 Å². The highest BCUT2D eigenvalue weighted by atomic mass is 28.5. The molecule has 30 heavy (non-hydrogen) atoms. The van der Waals surface area contributed by atoms with E-state index in [0.717, 1.165) is 32.3 Å². The third-order valence-corrected chi connectivity index (χ3v) is 12.0. The zero-order chi connectivity index (χ0) is 22.7. The molecule has 5 heteroatoms. The zero-order valence-corrected chi connectivity index (χ0v) is 23.0. The fraction of sp³-hybridized carbons (Fsp3) is 0.840. The average Bonchev–Trinajstić information content (AvgIpc) is 2.73. The molecule has 0 saturated carbocycles. The van der Waals surface area contributed by atoms with Crippen LogP contribution in [0.5, 0.6) is 0 Å². The van der Waals surface area contributed by atoms with Gasteiger partial charge in [-0.2, -0.15) is 0 Å². The van der Waals surface area contributed by atoms with Crippen LogP contribution in [-0.2, 0) is 13.0 Å². The highest BCUT2D eigenvalue weighted by molar-refractivity contribution is 6.84. The Labute approximate surface area is 191 Å². The molecule has 3 nitrogen and oxygen atoms in total. The highest BCUT2D eigenvalue weighted by Crippen LogP contribution is 2.24. The fourth-order valence-corrected chi connectivity index (χ4v) is 9.66. The summed E-state index contributed by atoms with van der Waals surface area (Å²) in [5.74, 6) is 0. The van der Waals surface area contributed by atoms with Crippen LogP contribution in [0.15, 0.2) is 24.6 Å². The summed E-state index contributed by atoms with van der Waals surface area (Å²) in [7, 11) is -4.96. The smallest absolute Gasteiger partial charge is 0.352 e. The van der Waals surface area contributed by atoms with E-state index in [1.54, 1.807) is 0 Å². The van der Waals surface area contributed by atoms with Crippen LogP contribution in [-0.4, -0.2) is 29.8 Å². The minimum atomic E-state index is -2.50. The largest absolute Gasteiger partial charge is 0.409 e. The molecule has 0 aliphatic heterocycles. The van der Waals surface area contributed by atoms with Gasteiger partial charge in [0.2, 0.25) is 0 Å². The summed E-state index contributed by atoms with van der Waals surface area (Å²) in [6.45, 7) is 19.7. The second kappa shape index (κ2) is 18.4. The van der Waals surface area contributed by atoms with Crippen LogP contribution < -0.4 is 0 Å². The van der Waals surface area contributed by atoms with E-state index in [1.165, 1.54) is 64.2 Å². The Morgan fingerprint density at radius 2 is 1.20 bits per heavy atom. The summed E-state index contributed by atoms with van der Waals surface area (Å²) in [4.78, 5) is 0. The van der Waals surface area contributed by atoms with Crippen LogP contribution in [0.2, 0.25) is 13.1 Å². The molecule has 0 aliphatic rings. The van der Waals surface area contributed by atoms with Gasteiger partial charge in [0.15, 0.2) is 0 Å². The summed E-state index contributed by atoms with van der Waals surface area (Å²) in [6, 6.07) is 0. The molecule has 0 bridgehead atoms. The Bertz CT molecular complexity index is 433. The standard InChI is InChI=1S/C25H52O3Si2/c1-8-13-15-16-17-18-19-20-21-24-26-29(6,11-4)28-30(7,12-5)27-25(22-10-3)23-14-9-2/h11-12,25H,4-5,8-10,13-24H2,1-3,6-7H3. The lowest BCUT2D eigenvalue weighted by atomic mass is 10.1. The Kier molecular flexibility index (Phi) is 18.2. The van der Waals surface area contributed by atoms with Crippen molar-refractivity contribution in [1.29, 1.82) is 0 Å². The molecule has 3 unspecified atom stereocenters. The van der Waals surface area contributed by atoms with E-state index >= 15 is 0 Å². The van der Waals surface area contributed by atoms with E-state index in [2.05, 4.69) is 47.0 Å². The van der Waals surface area contributed by atoms with Crippen molar-refractivity contribution >= 4 is 17.1 Å². The lowest BCUT2D eigenvalue weighted by Gasteiger charge is -2.36. The number of rotatable bonds is 22. The summed E-state index contributed by atoms with van der Waals surface area (Å²) >= 11 is 0. The second-order valence-electron chi connectivity index (χ2n) is 8.89. The monoisotopic (exact) mass is 456 g/mol. The average molecular weight is 457 g/mol. The molecular formula is C25H52O3Si2. The Morgan fingerprint density at radius 1 is 0.667 bits per heavy atom. The van der Waals surface area contributed by atoms with Gasteiger partial charge in [-0.1, -0.05) is 103 Å². The maximum Gasteiger partial charge on any atom is 0.352 e. The van der Waals surface area contributed by atoms with Crippen LogP contribution in [0, 0.1) is 0 Å². The quantitative estimate of drug-likeness (QED) is 0.121. The zero-order valence-electron chi connectivity index (χ0n) is 21.0. The maximum absolute atomic E-state index is 6.56. The molecule has 0 aromatic carbocycles. The van der Waals surface area contributed by atoms with E-state index in [1.807, 2.05) is 11.4 Å². The van der Waals surface area contributed by atoms with Gasteiger partial charge in [0.1, 0.15) is 0 Å². The molecule has 0 saturated heterocycles. The van der Waals surface area contributed by atoms with Crippen LogP contribution in [0.25, 0.3) is 0 Å². The first-order valence-corrected chi connectivity index (χ1v) is 17.5. The molecule has 0 amide bonds. The van der Waals surface area contributed by atoms with Gasteiger partial charge in [-0.15, -0.1) is 13.2 Å². The summed E-state index contributed by atoms with van der Waals surface area (Å²) in [5, 5.41) is 0. The third-order valence-electron chi connectivity index (χ3n) is 5.67. The van der Waals surface area contributed by atoms with Gasteiger partial charge in [0.05, 0.1) is 0 Å². The van der Waals surface area contributed by atoms with Crippen LogP contribution in [0.4, 0.5) is 0 Å². The summed E-state index contributed by atoms with van der Waals surface area (Å²) in [6.07, 6.45) is 17.8. The van der Waals surface area contributed by atoms with E-state index in [4.69, 9.17) is 13.0 Å². The van der Waals surface area contributed by atoms with Crippen molar-refractivity contribution in [1.82, 2.24) is 0 Å². The van der Waals surface area contributed by atoms with E-state index < -0.39 is 17.1 Å². The SMILES string of the molecule is C=C[Si](C)(OCCCCCCCCCCC)O[Si](C)(C=C)OC(CCC)CCCC. The van der Waals surface area contributed by atoms with Crippen LogP contribution in [0.1, 0.15) is 111 Å². The number of hydrogen-bond acceptors (Lipinski definition) is 3. The molecule has 0 heterocycles. The van der Waals surface area contributed by atoms with Gasteiger partial charge in [-0.05, 0) is 32.4 Å². The summed E-state index contributed by atoms with van der Waals surface area (Å²) in [5.41, 5.74) is 3.82. The number of hydrogen-bond donors (Lipinski definition) is 0. The molecule has 178 valence electrons. The lowest BCUT2D eigenvalue weighted by Crippen LogP contribution is -2.51. The maximum atomic E-state index is 6.56. The van der Waals surface area contributed by atoms with Gasteiger partial charge in [-0.25, -0.2) is 0 Å². The Hall–Kier alpha value is -0.206. The first-order valence-electron chi connectivity index (χ1n) is 12.7. The molecule has 3 atom stereocenters. The summed E-state index contributed by atoms with van der Waals surface area (Å²) < 4.78 is 19.4. The normalized spacial score (nSPS) is 16.6.